The number of nitrogens with zero attached hydrogens (tertiary/aromatic N) is 1. The van der Waals surface area contributed by atoms with E-state index in [4.69, 9.17) is 5.73 Å². The highest BCUT2D eigenvalue weighted by molar-refractivity contribution is 5.85. The van der Waals surface area contributed by atoms with Gasteiger partial charge in [0.2, 0.25) is 5.91 Å². The first-order chi connectivity index (χ1) is 8.29. The van der Waals surface area contributed by atoms with Crippen molar-refractivity contribution in [2.45, 2.75) is 52.0 Å². The van der Waals surface area contributed by atoms with Gasteiger partial charge in [-0.1, -0.05) is 20.3 Å². The van der Waals surface area contributed by atoms with Crippen LogP contribution >= 0.6 is 0 Å². The first-order valence-electron chi connectivity index (χ1n) is 7.05. The van der Waals surface area contributed by atoms with Gasteiger partial charge in [0.15, 0.2) is 0 Å². The molecule has 4 nitrogen and oxygen atoms in total. The van der Waals surface area contributed by atoms with Crippen LogP contribution in [0.3, 0.4) is 0 Å². The van der Waals surface area contributed by atoms with Crippen molar-refractivity contribution in [1.29, 1.82) is 0 Å². The van der Waals surface area contributed by atoms with Gasteiger partial charge < -0.3 is 16.0 Å². The van der Waals surface area contributed by atoms with Gasteiger partial charge in [-0.05, 0) is 51.7 Å². The monoisotopic (exact) mass is 255 g/mol. The van der Waals surface area contributed by atoms with E-state index in [0.717, 1.165) is 45.3 Å². The third kappa shape index (κ3) is 4.25. The van der Waals surface area contributed by atoms with Crippen molar-refractivity contribution in [1.82, 2.24) is 10.2 Å². The number of hydrogen-bond donors (Lipinski definition) is 2. The summed E-state index contributed by atoms with van der Waals surface area (Å²) in [6, 6.07) is 0. The molecule has 4 heteroatoms. The average molecular weight is 255 g/mol. The van der Waals surface area contributed by atoms with Crippen LogP contribution in [0.1, 0.15) is 46.5 Å². The van der Waals surface area contributed by atoms with E-state index in [-0.39, 0.29) is 11.3 Å². The van der Waals surface area contributed by atoms with Gasteiger partial charge in [-0.15, -0.1) is 0 Å². The van der Waals surface area contributed by atoms with E-state index in [0.29, 0.717) is 0 Å². The van der Waals surface area contributed by atoms with E-state index >= 15 is 0 Å². The van der Waals surface area contributed by atoms with Crippen LogP contribution in [0.25, 0.3) is 0 Å². The third-order valence-electron chi connectivity index (χ3n) is 4.16. The molecule has 1 fully saturated rings. The van der Waals surface area contributed by atoms with Crippen molar-refractivity contribution in [3.8, 4) is 0 Å². The molecule has 0 radical (unpaired) electrons. The molecule has 0 aliphatic carbocycles. The van der Waals surface area contributed by atoms with E-state index in [1.165, 1.54) is 0 Å². The van der Waals surface area contributed by atoms with Crippen molar-refractivity contribution in [2.75, 3.05) is 26.7 Å². The lowest BCUT2D eigenvalue weighted by Gasteiger charge is -2.38. The Morgan fingerprint density at radius 1 is 1.44 bits per heavy atom. The van der Waals surface area contributed by atoms with Gasteiger partial charge in [0.25, 0.3) is 0 Å². The minimum absolute atomic E-state index is 0.00972. The predicted octanol–water partition coefficient (Wildman–Crippen LogP) is 1.35. The van der Waals surface area contributed by atoms with Gasteiger partial charge >= 0.3 is 0 Å². The smallest absolute Gasteiger partial charge is 0.239 e. The van der Waals surface area contributed by atoms with Gasteiger partial charge in [0.05, 0.1) is 5.54 Å². The summed E-state index contributed by atoms with van der Waals surface area (Å²) in [7, 11) is 2.15. The lowest BCUT2D eigenvalue weighted by atomic mass is 9.80. The first kappa shape index (κ1) is 15.4. The largest absolute Gasteiger partial charge is 0.354 e. The first-order valence-corrected chi connectivity index (χ1v) is 7.05. The van der Waals surface area contributed by atoms with E-state index < -0.39 is 5.54 Å². The molecule has 106 valence electrons. The zero-order valence-electron chi connectivity index (χ0n) is 12.4. The molecule has 1 rings (SSSR count). The fourth-order valence-electron chi connectivity index (χ4n) is 2.46. The van der Waals surface area contributed by atoms with E-state index in [1.807, 2.05) is 6.92 Å². The molecule has 3 N–H and O–H groups in total. The number of piperidine rings is 1. The zero-order chi connectivity index (χ0) is 13.8. The van der Waals surface area contributed by atoms with Crippen LogP contribution in [0.2, 0.25) is 0 Å². The number of carbonyl (C=O) groups is 1. The summed E-state index contributed by atoms with van der Waals surface area (Å²) >= 11 is 0. The van der Waals surface area contributed by atoms with Gasteiger partial charge in [-0.25, -0.2) is 0 Å². The highest BCUT2D eigenvalue weighted by atomic mass is 16.2. The standard InChI is InChI=1S/C14H29N3O/c1-5-6-14(3,15)12(18)16-11-13(2)7-9-17(4)10-8-13/h5-11,15H2,1-4H3,(H,16,18). The van der Waals surface area contributed by atoms with Crippen molar-refractivity contribution in [3.63, 3.8) is 0 Å². The fraction of sp³-hybridized carbons (Fsp3) is 0.929. The topological polar surface area (TPSA) is 58.4 Å². The maximum Gasteiger partial charge on any atom is 0.239 e. The lowest BCUT2D eigenvalue weighted by molar-refractivity contribution is -0.126. The van der Waals surface area contributed by atoms with Gasteiger partial charge in [-0.2, -0.15) is 0 Å². The molecule has 18 heavy (non-hydrogen) atoms. The highest BCUT2D eigenvalue weighted by Gasteiger charge is 2.32. The second-order valence-electron chi connectivity index (χ2n) is 6.46. The molecular weight excluding hydrogens is 226 g/mol. The van der Waals surface area contributed by atoms with Crippen LogP contribution < -0.4 is 11.1 Å². The normalized spacial score (nSPS) is 23.4. The maximum absolute atomic E-state index is 12.1. The molecule has 1 atom stereocenters. The van der Waals surface area contributed by atoms with Crippen LogP contribution in [0, 0.1) is 5.41 Å². The Kier molecular flexibility index (Phi) is 5.17. The van der Waals surface area contributed by atoms with E-state index in [2.05, 4.69) is 31.1 Å². The summed E-state index contributed by atoms with van der Waals surface area (Å²) < 4.78 is 0. The van der Waals surface area contributed by atoms with E-state index in [1.54, 1.807) is 0 Å². The third-order valence-corrected chi connectivity index (χ3v) is 4.16. The molecule has 0 spiro atoms. The number of likely N-dealkylation sites (tertiary alicyclic amines) is 1. The summed E-state index contributed by atoms with van der Waals surface area (Å²) in [5.41, 5.74) is 5.53. The van der Waals surface area contributed by atoms with Crippen LogP contribution in [0.4, 0.5) is 0 Å². The second kappa shape index (κ2) is 6.02. The lowest BCUT2D eigenvalue weighted by Crippen LogP contribution is -2.54. The van der Waals surface area contributed by atoms with Gasteiger partial charge in [0.1, 0.15) is 0 Å². The van der Waals surface area contributed by atoms with Gasteiger partial charge in [-0.3, -0.25) is 4.79 Å². The summed E-state index contributed by atoms with van der Waals surface area (Å²) in [6.07, 6.45) is 3.94. The Balaban J connectivity index is 2.42. The zero-order valence-corrected chi connectivity index (χ0v) is 12.4. The molecule has 0 aromatic carbocycles. The molecule has 1 unspecified atom stereocenters. The highest BCUT2D eigenvalue weighted by Crippen LogP contribution is 2.29. The minimum Gasteiger partial charge on any atom is -0.354 e. The number of carbonyl (C=O) groups excluding carboxylic acids is 1. The van der Waals surface area contributed by atoms with Crippen molar-refractivity contribution >= 4 is 5.91 Å². The summed E-state index contributed by atoms with van der Waals surface area (Å²) in [5, 5.41) is 3.05. The van der Waals surface area contributed by atoms with Crippen LogP contribution in [0.5, 0.6) is 0 Å². The summed E-state index contributed by atoms with van der Waals surface area (Å²) in [6.45, 7) is 9.10. The SMILES string of the molecule is CCCC(C)(N)C(=O)NCC1(C)CCN(C)CC1. The molecule has 1 amide bonds. The van der Waals surface area contributed by atoms with Crippen molar-refractivity contribution in [2.24, 2.45) is 11.1 Å². The Labute approximate surface area is 111 Å². The molecule has 0 aromatic heterocycles. The van der Waals surface area contributed by atoms with Crippen LogP contribution in [-0.2, 0) is 4.79 Å². The van der Waals surface area contributed by atoms with E-state index in [9.17, 15) is 4.79 Å². The van der Waals surface area contributed by atoms with Crippen LogP contribution in [-0.4, -0.2) is 43.0 Å². The van der Waals surface area contributed by atoms with Crippen LogP contribution in [0.15, 0.2) is 0 Å². The molecule has 1 heterocycles. The number of nitrogens with two attached hydrogens (primary N) is 1. The Morgan fingerprint density at radius 2 is 2.00 bits per heavy atom. The van der Waals surface area contributed by atoms with Gasteiger partial charge in [0, 0.05) is 6.54 Å². The second-order valence-corrected chi connectivity index (χ2v) is 6.46. The number of amides is 1. The minimum atomic E-state index is -0.726. The molecule has 0 aromatic rings. The molecule has 0 bridgehead atoms. The number of hydrogen-bond acceptors (Lipinski definition) is 3. The predicted molar refractivity (Wildman–Crippen MR) is 75.3 cm³/mol. The molecule has 1 aliphatic rings. The maximum atomic E-state index is 12.1. The fourth-order valence-corrected chi connectivity index (χ4v) is 2.46. The number of rotatable bonds is 5. The molecule has 1 aliphatic heterocycles. The summed E-state index contributed by atoms with van der Waals surface area (Å²) in [4.78, 5) is 14.4. The number of nitrogens with one attached hydrogen (secondary N) is 1. The quantitative estimate of drug-likeness (QED) is 0.779. The molecular formula is C14H29N3O. The Hall–Kier alpha value is -0.610. The Morgan fingerprint density at radius 3 is 2.50 bits per heavy atom. The summed E-state index contributed by atoms with van der Waals surface area (Å²) in [5.74, 6) is -0.00972. The molecule has 1 saturated heterocycles. The average Bonchev–Trinajstić information content (AvgIpc) is 2.30. The van der Waals surface area contributed by atoms with Crippen molar-refractivity contribution in [3.05, 3.63) is 0 Å². The Bertz CT molecular complexity index is 281. The van der Waals surface area contributed by atoms with Crippen molar-refractivity contribution < 1.29 is 4.79 Å². The molecule has 0 saturated carbocycles.